The van der Waals surface area contributed by atoms with Gasteiger partial charge in [-0.1, -0.05) is 0 Å². The van der Waals surface area contributed by atoms with Crippen molar-refractivity contribution in [3.63, 3.8) is 0 Å². The number of rotatable bonds is 2. The fourth-order valence-electron chi connectivity index (χ4n) is 1.78. The van der Waals surface area contributed by atoms with Crippen LogP contribution in [0.3, 0.4) is 0 Å². The number of aromatic amines is 1. The van der Waals surface area contributed by atoms with Gasteiger partial charge in [0.05, 0.1) is 21.8 Å². The highest BCUT2D eigenvalue weighted by Crippen LogP contribution is 2.17. The molecule has 2 heterocycles. The van der Waals surface area contributed by atoms with E-state index in [1.807, 2.05) is 47.3 Å². The lowest BCUT2D eigenvalue weighted by Crippen LogP contribution is -1.89. The Kier molecular flexibility index (Phi) is 2.33. The average Bonchev–Trinajstić information content (AvgIpc) is 2.97. The van der Waals surface area contributed by atoms with E-state index in [1.54, 1.807) is 6.26 Å². The van der Waals surface area contributed by atoms with E-state index >= 15 is 0 Å². The highest BCUT2D eigenvalue weighted by atomic mass is 32.2. The van der Waals surface area contributed by atoms with Gasteiger partial charge in [0.15, 0.2) is 5.16 Å². The largest absolute Gasteiger partial charge is 0.331 e. The molecular weight excluding hydrogens is 234 g/mol. The molecule has 0 fully saturated rings. The molecule has 0 spiro atoms. The SMILES string of the molecule is CS(=O)c1nc2ccc(-n3cccc3)cc2[nH]1. The van der Waals surface area contributed by atoms with Crippen LogP contribution in [0.4, 0.5) is 0 Å². The van der Waals surface area contributed by atoms with E-state index < -0.39 is 10.8 Å². The minimum atomic E-state index is -1.08. The van der Waals surface area contributed by atoms with Crippen molar-refractivity contribution in [3.05, 3.63) is 42.7 Å². The third-order valence-corrected chi connectivity index (χ3v) is 3.36. The van der Waals surface area contributed by atoms with Crippen LogP contribution in [-0.4, -0.2) is 25.0 Å². The normalized spacial score (nSPS) is 13.0. The second-order valence-corrected chi connectivity index (χ2v) is 5.08. The maximum atomic E-state index is 11.3. The molecule has 0 saturated carbocycles. The van der Waals surface area contributed by atoms with Gasteiger partial charge in [0, 0.05) is 24.3 Å². The molecule has 3 rings (SSSR count). The van der Waals surface area contributed by atoms with E-state index in [0.29, 0.717) is 5.16 Å². The zero-order chi connectivity index (χ0) is 11.8. The Morgan fingerprint density at radius 3 is 2.76 bits per heavy atom. The third kappa shape index (κ3) is 1.78. The maximum Gasteiger partial charge on any atom is 0.197 e. The molecule has 0 aliphatic carbocycles. The molecule has 1 atom stereocenters. The van der Waals surface area contributed by atoms with Crippen LogP contribution >= 0.6 is 0 Å². The van der Waals surface area contributed by atoms with E-state index in [0.717, 1.165) is 16.7 Å². The molecule has 1 N–H and O–H groups in total. The van der Waals surface area contributed by atoms with Crippen molar-refractivity contribution >= 4 is 21.8 Å². The molecule has 0 radical (unpaired) electrons. The minimum Gasteiger partial charge on any atom is -0.331 e. The van der Waals surface area contributed by atoms with Crippen LogP contribution in [0.1, 0.15) is 0 Å². The van der Waals surface area contributed by atoms with Gasteiger partial charge in [0.1, 0.15) is 0 Å². The second-order valence-electron chi connectivity index (χ2n) is 3.79. The number of aromatic nitrogens is 3. The molecule has 17 heavy (non-hydrogen) atoms. The summed E-state index contributed by atoms with van der Waals surface area (Å²) in [6, 6.07) is 9.87. The van der Waals surface area contributed by atoms with Crippen LogP contribution in [0.5, 0.6) is 0 Å². The van der Waals surface area contributed by atoms with Crippen molar-refractivity contribution in [2.75, 3.05) is 6.26 Å². The van der Waals surface area contributed by atoms with Gasteiger partial charge in [-0.15, -0.1) is 0 Å². The second kappa shape index (κ2) is 3.85. The van der Waals surface area contributed by atoms with Gasteiger partial charge >= 0.3 is 0 Å². The Morgan fingerprint density at radius 1 is 1.29 bits per heavy atom. The Labute approximate surface area is 101 Å². The summed E-state index contributed by atoms with van der Waals surface area (Å²) < 4.78 is 13.4. The van der Waals surface area contributed by atoms with Gasteiger partial charge < -0.3 is 9.55 Å². The maximum absolute atomic E-state index is 11.3. The molecule has 1 aromatic carbocycles. The lowest BCUT2D eigenvalue weighted by molar-refractivity contribution is 0.682. The summed E-state index contributed by atoms with van der Waals surface area (Å²) >= 11 is 0. The van der Waals surface area contributed by atoms with E-state index in [-0.39, 0.29) is 0 Å². The van der Waals surface area contributed by atoms with Crippen molar-refractivity contribution in [2.45, 2.75) is 5.16 Å². The van der Waals surface area contributed by atoms with Gasteiger partial charge in [-0.25, -0.2) is 4.98 Å². The van der Waals surface area contributed by atoms with Crippen LogP contribution in [0.2, 0.25) is 0 Å². The molecule has 4 nitrogen and oxygen atoms in total. The summed E-state index contributed by atoms with van der Waals surface area (Å²) in [6.07, 6.45) is 5.58. The summed E-state index contributed by atoms with van der Waals surface area (Å²) in [4.78, 5) is 7.34. The highest BCUT2D eigenvalue weighted by molar-refractivity contribution is 7.84. The van der Waals surface area contributed by atoms with Crippen LogP contribution in [-0.2, 0) is 10.8 Å². The van der Waals surface area contributed by atoms with E-state index in [2.05, 4.69) is 9.97 Å². The predicted molar refractivity (Wildman–Crippen MR) is 67.8 cm³/mol. The highest BCUT2D eigenvalue weighted by Gasteiger charge is 2.06. The van der Waals surface area contributed by atoms with Crippen molar-refractivity contribution in [2.24, 2.45) is 0 Å². The fraction of sp³-hybridized carbons (Fsp3) is 0.0833. The van der Waals surface area contributed by atoms with Crippen LogP contribution in [0.25, 0.3) is 16.7 Å². The minimum absolute atomic E-state index is 0.518. The standard InChI is InChI=1S/C12H11N3OS/c1-17(16)12-13-10-5-4-9(8-11(10)14-12)15-6-2-3-7-15/h2-8H,1H3,(H,13,14). The lowest BCUT2D eigenvalue weighted by Gasteiger charge is -2.01. The summed E-state index contributed by atoms with van der Waals surface area (Å²) in [5.74, 6) is 0. The zero-order valence-corrected chi connectivity index (χ0v) is 10.1. The molecule has 0 bridgehead atoms. The molecule has 2 aromatic heterocycles. The number of H-pyrrole nitrogens is 1. The van der Waals surface area contributed by atoms with Crippen molar-refractivity contribution in [1.82, 2.24) is 14.5 Å². The topological polar surface area (TPSA) is 50.7 Å². The summed E-state index contributed by atoms with van der Waals surface area (Å²) in [5, 5.41) is 0.518. The number of fused-ring (bicyclic) bond motifs is 1. The van der Waals surface area contributed by atoms with E-state index in [4.69, 9.17) is 0 Å². The molecule has 5 heteroatoms. The van der Waals surface area contributed by atoms with Crippen LogP contribution in [0, 0.1) is 0 Å². The molecule has 0 amide bonds. The molecule has 0 aliphatic heterocycles. The summed E-state index contributed by atoms with van der Waals surface area (Å²) in [7, 11) is -1.08. The number of imidazole rings is 1. The number of benzene rings is 1. The number of nitrogens with zero attached hydrogens (tertiary/aromatic N) is 2. The Balaban J connectivity index is 2.16. The monoisotopic (exact) mass is 245 g/mol. The van der Waals surface area contributed by atoms with Crippen molar-refractivity contribution < 1.29 is 4.21 Å². The van der Waals surface area contributed by atoms with Gasteiger partial charge in [0.25, 0.3) is 0 Å². The van der Waals surface area contributed by atoms with Gasteiger partial charge in [-0.3, -0.25) is 4.21 Å². The number of hydrogen-bond donors (Lipinski definition) is 1. The first-order chi connectivity index (χ1) is 8.24. The molecule has 0 aliphatic rings. The summed E-state index contributed by atoms with van der Waals surface area (Å²) in [5.41, 5.74) is 2.80. The first kappa shape index (κ1) is 10.3. The van der Waals surface area contributed by atoms with Crippen molar-refractivity contribution in [1.29, 1.82) is 0 Å². The van der Waals surface area contributed by atoms with E-state index in [1.165, 1.54) is 0 Å². The number of hydrogen-bond acceptors (Lipinski definition) is 2. The predicted octanol–water partition coefficient (Wildman–Crippen LogP) is 2.09. The molecule has 3 aromatic rings. The lowest BCUT2D eigenvalue weighted by atomic mass is 10.3. The quantitative estimate of drug-likeness (QED) is 0.751. The van der Waals surface area contributed by atoms with Gasteiger partial charge in [-0.2, -0.15) is 0 Å². The molecule has 86 valence electrons. The van der Waals surface area contributed by atoms with Gasteiger partial charge in [0.2, 0.25) is 0 Å². The fourth-order valence-corrected chi connectivity index (χ4v) is 2.26. The Morgan fingerprint density at radius 2 is 2.06 bits per heavy atom. The average molecular weight is 245 g/mol. The smallest absolute Gasteiger partial charge is 0.197 e. The zero-order valence-electron chi connectivity index (χ0n) is 9.25. The van der Waals surface area contributed by atoms with Crippen LogP contribution in [0.15, 0.2) is 47.9 Å². The van der Waals surface area contributed by atoms with Crippen molar-refractivity contribution in [3.8, 4) is 5.69 Å². The Bertz CT molecular complexity index is 685. The number of nitrogens with one attached hydrogen (secondary N) is 1. The van der Waals surface area contributed by atoms with E-state index in [9.17, 15) is 4.21 Å². The third-order valence-electron chi connectivity index (χ3n) is 2.62. The first-order valence-electron chi connectivity index (χ1n) is 5.20. The van der Waals surface area contributed by atoms with Gasteiger partial charge in [-0.05, 0) is 30.3 Å². The Hall–Kier alpha value is -1.88. The molecule has 1 unspecified atom stereocenters. The summed E-state index contributed by atoms with van der Waals surface area (Å²) in [6.45, 7) is 0. The molecule has 0 saturated heterocycles. The van der Waals surface area contributed by atoms with Crippen LogP contribution < -0.4 is 0 Å². The first-order valence-corrected chi connectivity index (χ1v) is 6.76. The molecular formula is C12H11N3OS.